The lowest BCUT2D eigenvalue weighted by Crippen LogP contribution is -2.28. The quantitative estimate of drug-likeness (QED) is 0.0749. The Morgan fingerprint density at radius 2 is 0.909 bits per heavy atom. The molecule has 6 aromatic rings. The van der Waals surface area contributed by atoms with Gasteiger partial charge in [0.25, 0.3) is 0 Å². The summed E-state index contributed by atoms with van der Waals surface area (Å²) in [5.41, 5.74) is 8.35. The van der Waals surface area contributed by atoms with Crippen molar-refractivity contribution in [1.82, 2.24) is 17.4 Å². The lowest BCUT2D eigenvalue weighted by molar-refractivity contribution is 0.0507. The highest BCUT2D eigenvalue weighted by atomic mass is 31.2. The molecule has 0 saturated heterocycles. The Balaban J connectivity index is 1.25. The molecule has 0 aliphatic carbocycles. The first-order chi connectivity index (χ1) is 31.3. The van der Waals surface area contributed by atoms with Crippen molar-refractivity contribution < 1.29 is 42.4 Å². The molecule has 2 aromatic carbocycles. The van der Waals surface area contributed by atoms with E-state index in [4.69, 9.17) is 28.0 Å². The van der Waals surface area contributed by atoms with E-state index in [0.29, 0.717) is 52.9 Å². The second kappa shape index (κ2) is 16.5. The average Bonchev–Trinajstić information content (AvgIpc) is 4.06. The highest BCUT2D eigenvalue weighted by Crippen LogP contribution is 2.61. The maximum absolute atomic E-state index is 13.7. The first-order valence-electron chi connectivity index (χ1n) is 22.6. The number of carbonyl (C=O) groups excluding carboxylic acids is 3. The van der Waals surface area contributed by atoms with Crippen LogP contribution in [0.5, 0.6) is 23.0 Å². The number of aromatic nitrogens is 4. The van der Waals surface area contributed by atoms with E-state index in [0.717, 1.165) is 50.7 Å². The molecule has 346 valence electrons. The van der Waals surface area contributed by atoms with Gasteiger partial charge in [-0.25, -0.2) is 14.4 Å². The van der Waals surface area contributed by atoms with Gasteiger partial charge in [0.05, 0.1) is 19.8 Å². The van der Waals surface area contributed by atoms with Crippen molar-refractivity contribution in [2.24, 2.45) is 0 Å². The number of fused-ring (bicyclic) bond motifs is 6. The minimum Gasteiger partial charge on any atom is -0.461 e. The molecule has 1 atom stereocenters. The number of hydrogen-bond donors (Lipinski definition) is 0. The maximum atomic E-state index is 13.7. The van der Waals surface area contributed by atoms with Crippen LogP contribution >= 0.6 is 16.9 Å². The number of carbonyl (C=O) groups is 3. The predicted octanol–water partition coefficient (Wildman–Crippen LogP) is 12.0. The third-order valence-electron chi connectivity index (χ3n) is 12.5. The Morgan fingerprint density at radius 3 is 1.27 bits per heavy atom. The van der Waals surface area contributed by atoms with Gasteiger partial charge in [0.2, 0.25) is 0 Å². The number of nitrogens with zero attached hydrogens (tertiary/aromatic N) is 4. The highest BCUT2D eigenvalue weighted by molar-refractivity contribution is 7.50. The summed E-state index contributed by atoms with van der Waals surface area (Å²) < 4.78 is 46.7. The lowest BCUT2D eigenvalue weighted by Gasteiger charge is -2.39. The molecule has 3 aliphatic rings. The molecule has 7 heterocycles. The Morgan fingerprint density at radius 1 is 0.561 bits per heavy atom. The van der Waals surface area contributed by atoms with E-state index in [1.54, 1.807) is 32.9 Å². The lowest BCUT2D eigenvalue weighted by atomic mass is 9.72. The van der Waals surface area contributed by atoms with Gasteiger partial charge >= 0.3 is 34.8 Å². The SMILES string of the molecule is CCOC(=O)c1ccc2n1P(Oc1cc(C(C)(C)C)cc3c1Oc1c(OP4n5c(ccc5C(=O)OCC)Cc5ccc(C(=O)OCC)n54)cc(C(C)(C)C)cc1C3(C)C)n1c(C)ccc1C2. The van der Waals surface area contributed by atoms with Crippen LogP contribution in [0, 0.1) is 6.92 Å². The van der Waals surface area contributed by atoms with Gasteiger partial charge < -0.3 is 28.0 Å². The van der Waals surface area contributed by atoms with Crippen LogP contribution in [-0.2, 0) is 43.3 Å². The number of hydrogen-bond acceptors (Lipinski definition) is 9. The molecular weight excluding hydrogens is 875 g/mol. The van der Waals surface area contributed by atoms with E-state index in [1.807, 2.05) is 50.3 Å². The van der Waals surface area contributed by atoms with Gasteiger partial charge in [-0.05, 0) is 110 Å². The van der Waals surface area contributed by atoms with Gasteiger partial charge in [0.1, 0.15) is 17.1 Å². The van der Waals surface area contributed by atoms with Crippen molar-refractivity contribution in [2.45, 2.75) is 112 Å². The molecule has 0 N–H and O–H groups in total. The summed E-state index contributed by atoms with van der Waals surface area (Å²) in [6.45, 7) is 25.4. The molecule has 0 bridgehead atoms. The molecule has 15 heteroatoms. The summed E-state index contributed by atoms with van der Waals surface area (Å²) in [6.07, 6.45) is 1.07. The van der Waals surface area contributed by atoms with Crippen LogP contribution in [0.25, 0.3) is 0 Å². The second-order valence-corrected chi connectivity index (χ2v) is 22.5. The predicted molar refractivity (Wildman–Crippen MR) is 255 cm³/mol. The minimum absolute atomic E-state index is 0.189. The third-order valence-corrected chi connectivity index (χ3v) is 16.6. The Kier molecular flexibility index (Phi) is 11.4. The number of rotatable bonds is 10. The largest absolute Gasteiger partial charge is 0.461 e. The summed E-state index contributed by atoms with van der Waals surface area (Å²) in [7, 11) is -3.77. The van der Waals surface area contributed by atoms with E-state index in [1.165, 1.54) is 0 Å². The van der Waals surface area contributed by atoms with Crippen LogP contribution in [0.15, 0.2) is 72.8 Å². The van der Waals surface area contributed by atoms with E-state index >= 15 is 0 Å². The van der Waals surface area contributed by atoms with Gasteiger partial charge in [-0.2, -0.15) is 0 Å². The fourth-order valence-electron chi connectivity index (χ4n) is 8.94. The summed E-state index contributed by atoms with van der Waals surface area (Å²) >= 11 is 0. The fourth-order valence-corrected chi connectivity index (χ4v) is 13.0. The zero-order valence-corrected chi connectivity index (χ0v) is 41.6. The van der Waals surface area contributed by atoms with Crippen molar-refractivity contribution in [3.05, 3.63) is 141 Å². The molecule has 0 fully saturated rings. The monoisotopic (exact) mass is 932 g/mol. The molecule has 3 aliphatic heterocycles. The van der Waals surface area contributed by atoms with Crippen molar-refractivity contribution in [3.8, 4) is 23.0 Å². The third kappa shape index (κ3) is 7.52. The van der Waals surface area contributed by atoms with E-state index < -0.39 is 40.2 Å². The maximum Gasteiger partial charge on any atom is 0.355 e. The minimum atomic E-state index is -2.03. The van der Waals surface area contributed by atoms with Crippen molar-refractivity contribution in [3.63, 3.8) is 0 Å². The zero-order chi connectivity index (χ0) is 47.2. The molecule has 13 nitrogen and oxygen atoms in total. The van der Waals surface area contributed by atoms with Crippen LogP contribution in [0.1, 0.15) is 158 Å². The summed E-state index contributed by atoms with van der Waals surface area (Å²) in [5.74, 6) is 0.555. The number of ether oxygens (including phenoxy) is 4. The van der Waals surface area contributed by atoms with Gasteiger partial charge in [-0.3, -0.25) is 17.4 Å². The fraction of sp³-hybridized carbons (Fsp3) is 0.392. The number of esters is 3. The second-order valence-electron chi connectivity index (χ2n) is 19.5. The van der Waals surface area contributed by atoms with Gasteiger partial charge in [-0.15, -0.1) is 0 Å². The van der Waals surface area contributed by atoms with Gasteiger partial charge in [-0.1, -0.05) is 67.5 Å². The van der Waals surface area contributed by atoms with E-state index in [9.17, 15) is 14.4 Å². The van der Waals surface area contributed by atoms with Crippen molar-refractivity contribution in [2.75, 3.05) is 19.8 Å². The molecule has 9 rings (SSSR count). The normalized spacial score (nSPS) is 15.8. The zero-order valence-electron chi connectivity index (χ0n) is 39.8. The summed E-state index contributed by atoms with van der Waals surface area (Å²) in [5, 5.41) is 0. The molecular formula is C51H58N4O9P2. The van der Waals surface area contributed by atoms with Crippen molar-refractivity contribution in [1.29, 1.82) is 0 Å². The van der Waals surface area contributed by atoms with Crippen LogP contribution in [0.2, 0.25) is 0 Å². The first-order valence-corrected chi connectivity index (χ1v) is 24.9. The van der Waals surface area contributed by atoms with Crippen LogP contribution in [0.4, 0.5) is 0 Å². The standard InChI is InChI=1S/C51H58N4O9P2/c1-13-59-46(56)39-21-18-34-28-33-17-16-30(4)52(33)65(53(34)39)63-42-26-31(49(5,6)7)24-37-44(42)62-45-38(51(37,11)12)25-32(50(8,9)10)27-43(45)64-66-54-35(19-22-40(54)47(57)60-14-2)29-36-20-23-41(55(36)66)48(58)61-15-3/h16-27H,13-15,28-29H2,1-12H3. The highest BCUT2D eigenvalue weighted by Gasteiger charge is 2.44. The molecule has 1 unspecified atom stereocenters. The van der Waals surface area contributed by atoms with E-state index in [2.05, 4.69) is 90.1 Å². The van der Waals surface area contributed by atoms with Gasteiger partial charge in [0.15, 0.2) is 23.0 Å². The summed E-state index contributed by atoms with van der Waals surface area (Å²) in [4.78, 5) is 40.9. The molecule has 0 radical (unpaired) electrons. The Labute approximate surface area is 388 Å². The molecule has 66 heavy (non-hydrogen) atoms. The van der Waals surface area contributed by atoms with Crippen LogP contribution in [0.3, 0.4) is 0 Å². The van der Waals surface area contributed by atoms with Crippen LogP contribution in [-0.4, -0.2) is 55.1 Å². The molecule has 4 aromatic heterocycles. The molecule has 0 saturated carbocycles. The molecule has 0 amide bonds. The number of benzene rings is 2. The first kappa shape index (κ1) is 45.4. The number of aryl methyl sites for hydroxylation is 1. The van der Waals surface area contributed by atoms with Gasteiger partial charge in [0, 0.05) is 57.9 Å². The Bertz CT molecular complexity index is 2870. The average molecular weight is 933 g/mol. The van der Waals surface area contributed by atoms with E-state index in [-0.39, 0.29) is 30.7 Å². The smallest absolute Gasteiger partial charge is 0.355 e. The van der Waals surface area contributed by atoms with Crippen LogP contribution < -0.4 is 13.8 Å². The summed E-state index contributed by atoms with van der Waals surface area (Å²) in [6, 6.07) is 23.8. The topological polar surface area (TPSA) is 126 Å². The Hall–Kier alpha value is -5.77. The molecule has 0 spiro atoms. The van der Waals surface area contributed by atoms with Crippen molar-refractivity contribution >= 4 is 34.8 Å².